The molecule has 0 saturated carbocycles. The second-order valence-corrected chi connectivity index (χ2v) is 6.17. The third-order valence-corrected chi connectivity index (χ3v) is 4.54. The summed E-state index contributed by atoms with van der Waals surface area (Å²) in [4.78, 5) is 4.75. The smallest absolute Gasteiger partial charge is 0.0587 e. The van der Waals surface area contributed by atoms with Crippen molar-refractivity contribution in [3.05, 3.63) is 35.3 Å². The lowest BCUT2D eigenvalue weighted by Crippen LogP contribution is -1.87. The first-order valence-corrected chi connectivity index (χ1v) is 8.50. The first-order valence-electron chi connectivity index (χ1n) is 7.62. The maximum absolute atomic E-state index is 3.39. The van der Waals surface area contributed by atoms with Gasteiger partial charge in [-0.2, -0.15) is 0 Å². The van der Waals surface area contributed by atoms with Gasteiger partial charge in [0.15, 0.2) is 0 Å². The molecule has 0 aromatic carbocycles. The lowest BCUT2D eigenvalue weighted by molar-refractivity contribution is 0.589. The molecule has 2 aromatic rings. The SMILES string of the molecule is CCCCCCCCCc1cc[nH]c1-c1cccs1. The standard InChI is InChI=1S/C17H25NS/c1-2-3-4-5-6-7-8-10-15-12-13-18-17(15)16-11-9-14-19-16/h9,11-14,18H,2-8,10H2,1H3. The number of nitrogens with one attached hydrogen (secondary N) is 1. The molecule has 0 atom stereocenters. The van der Waals surface area contributed by atoms with Crippen LogP contribution in [0.15, 0.2) is 29.8 Å². The molecule has 2 aromatic heterocycles. The minimum atomic E-state index is 1.21. The van der Waals surface area contributed by atoms with Crippen LogP contribution >= 0.6 is 11.3 Å². The van der Waals surface area contributed by atoms with Gasteiger partial charge in [-0.25, -0.2) is 0 Å². The van der Waals surface area contributed by atoms with Crippen molar-refractivity contribution in [2.75, 3.05) is 0 Å². The van der Waals surface area contributed by atoms with E-state index < -0.39 is 0 Å². The molecule has 0 saturated heterocycles. The van der Waals surface area contributed by atoms with Crippen molar-refractivity contribution >= 4 is 11.3 Å². The summed E-state index contributed by atoms with van der Waals surface area (Å²) in [5, 5.41) is 2.15. The molecule has 1 nitrogen and oxygen atoms in total. The van der Waals surface area contributed by atoms with E-state index in [0.717, 1.165) is 0 Å². The summed E-state index contributed by atoms with van der Waals surface area (Å²) in [6.07, 6.45) is 13.0. The van der Waals surface area contributed by atoms with Gasteiger partial charge in [0.05, 0.1) is 10.6 Å². The summed E-state index contributed by atoms with van der Waals surface area (Å²) in [6.45, 7) is 2.28. The van der Waals surface area contributed by atoms with Crippen molar-refractivity contribution < 1.29 is 0 Å². The van der Waals surface area contributed by atoms with Gasteiger partial charge < -0.3 is 4.98 Å². The number of aryl methyl sites for hydroxylation is 1. The van der Waals surface area contributed by atoms with Gasteiger partial charge >= 0.3 is 0 Å². The van der Waals surface area contributed by atoms with Gasteiger partial charge in [0.2, 0.25) is 0 Å². The van der Waals surface area contributed by atoms with Crippen molar-refractivity contribution in [2.45, 2.75) is 58.3 Å². The fraction of sp³-hybridized carbons (Fsp3) is 0.529. The van der Waals surface area contributed by atoms with Crippen LogP contribution < -0.4 is 0 Å². The van der Waals surface area contributed by atoms with Gasteiger partial charge in [0, 0.05) is 6.20 Å². The number of thiophene rings is 1. The van der Waals surface area contributed by atoms with Gasteiger partial charge in [-0.3, -0.25) is 0 Å². The number of aromatic amines is 1. The summed E-state index contributed by atoms with van der Waals surface area (Å²) in [5.41, 5.74) is 2.82. The lowest BCUT2D eigenvalue weighted by Gasteiger charge is -2.03. The van der Waals surface area contributed by atoms with Crippen LogP contribution in [-0.2, 0) is 6.42 Å². The van der Waals surface area contributed by atoms with Crippen LogP contribution in [0, 0.1) is 0 Å². The predicted octanol–water partition coefficient (Wildman–Crippen LogP) is 6.04. The molecule has 19 heavy (non-hydrogen) atoms. The van der Waals surface area contributed by atoms with Crippen molar-refractivity contribution in [3.8, 4) is 10.6 Å². The van der Waals surface area contributed by atoms with Gasteiger partial charge in [0.1, 0.15) is 0 Å². The zero-order valence-electron chi connectivity index (χ0n) is 12.0. The fourth-order valence-electron chi connectivity index (χ4n) is 2.53. The van der Waals surface area contributed by atoms with E-state index in [9.17, 15) is 0 Å². The Bertz CT molecular complexity index is 442. The van der Waals surface area contributed by atoms with E-state index in [4.69, 9.17) is 0 Å². The Labute approximate surface area is 121 Å². The third kappa shape index (κ3) is 4.54. The molecule has 0 bridgehead atoms. The number of hydrogen-bond donors (Lipinski definition) is 1. The molecule has 1 N–H and O–H groups in total. The highest BCUT2D eigenvalue weighted by atomic mass is 32.1. The molecule has 2 heteroatoms. The first-order chi connectivity index (χ1) is 9.42. The summed E-state index contributed by atoms with van der Waals surface area (Å²) in [5.74, 6) is 0. The highest BCUT2D eigenvalue weighted by molar-refractivity contribution is 7.13. The Balaban J connectivity index is 1.71. The molecule has 0 aliphatic rings. The Hall–Kier alpha value is -1.02. The number of hydrogen-bond acceptors (Lipinski definition) is 1. The van der Waals surface area contributed by atoms with Crippen LogP contribution in [0.25, 0.3) is 10.6 Å². The summed E-state index contributed by atoms with van der Waals surface area (Å²) in [7, 11) is 0. The number of unbranched alkanes of at least 4 members (excludes halogenated alkanes) is 6. The van der Waals surface area contributed by atoms with Crippen LogP contribution in [0.2, 0.25) is 0 Å². The Morgan fingerprint density at radius 3 is 2.53 bits per heavy atom. The maximum atomic E-state index is 3.39. The van der Waals surface area contributed by atoms with Crippen molar-refractivity contribution in [3.63, 3.8) is 0 Å². The summed E-state index contributed by atoms with van der Waals surface area (Å²) < 4.78 is 0. The van der Waals surface area contributed by atoms with E-state index >= 15 is 0 Å². The van der Waals surface area contributed by atoms with E-state index in [0.29, 0.717) is 0 Å². The van der Waals surface area contributed by atoms with Crippen LogP contribution in [0.1, 0.15) is 57.4 Å². The minimum Gasteiger partial charge on any atom is -0.360 e. The fourth-order valence-corrected chi connectivity index (χ4v) is 3.30. The molecule has 0 aliphatic heterocycles. The predicted molar refractivity (Wildman–Crippen MR) is 85.8 cm³/mol. The van der Waals surface area contributed by atoms with Gasteiger partial charge in [-0.05, 0) is 35.9 Å². The molecule has 2 rings (SSSR count). The van der Waals surface area contributed by atoms with Crippen LogP contribution in [0.3, 0.4) is 0 Å². The van der Waals surface area contributed by atoms with Gasteiger partial charge in [0.25, 0.3) is 0 Å². The Kier molecular flexibility index (Phi) is 6.22. The monoisotopic (exact) mass is 275 g/mol. The number of rotatable bonds is 9. The number of H-pyrrole nitrogens is 1. The molecular formula is C17H25NS. The quantitative estimate of drug-likeness (QED) is 0.537. The second-order valence-electron chi connectivity index (χ2n) is 5.23. The van der Waals surface area contributed by atoms with Crippen LogP contribution in [0.4, 0.5) is 0 Å². The first kappa shape index (κ1) is 14.4. The van der Waals surface area contributed by atoms with Gasteiger partial charge in [-0.1, -0.05) is 51.5 Å². The Morgan fingerprint density at radius 2 is 1.79 bits per heavy atom. The molecule has 0 unspecified atom stereocenters. The van der Waals surface area contributed by atoms with Crippen LogP contribution in [-0.4, -0.2) is 4.98 Å². The maximum Gasteiger partial charge on any atom is 0.0587 e. The average molecular weight is 275 g/mol. The molecule has 2 heterocycles. The highest BCUT2D eigenvalue weighted by Crippen LogP contribution is 2.27. The lowest BCUT2D eigenvalue weighted by atomic mass is 10.0. The minimum absolute atomic E-state index is 1.21. The topological polar surface area (TPSA) is 15.8 Å². The van der Waals surface area contributed by atoms with Crippen molar-refractivity contribution in [2.24, 2.45) is 0 Å². The normalized spacial score (nSPS) is 11.0. The van der Waals surface area contributed by atoms with Crippen molar-refractivity contribution in [1.82, 2.24) is 4.98 Å². The highest BCUT2D eigenvalue weighted by Gasteiger charge is 2.06. The average Bonchev–Trinajstić information content (AvgIpc) is 3.08. The van der Waals surface area contributed by atoms with E-state index in [1.807, 2.05) is 11.3 Å². The largest absolute Gasteiger partial charge is 0.360 e. The molecule has 0 spiro atoms. The van der Waals surface area contributed by atoms with E-state index in [1.54, 1.807) is 0 Å². The molecule has 0 fully saturated rings. The molecule has 104 valence electrons. The molecule has 0 aliphatic carbocycles. The third-order valence-electron chi connectivity index (χ3n) is 3.65. The summed E-state index contributed by atoms with van der Waals surface area (Å²) in [6, 6.07) is 6.56. The molecular weight excluding hydrogens is 250 g/mol. The van der Waals surface area contributed by atoms with E-state index in [2.05, 4.69) is 41.7 Å². The van der Waals surface area contributed by atoms with E-state index in [1.165, 1.54) is 67.5 Å². The number of aromatic nitrogens is 1. The van der Waals surface area contributed by atoms with Crippen molar-refractivity contribution in [1.29, 1.82) is 0 Å². The second kappa shape index (κ2) is 8.21. The zero-order chi connectivity index (χ0) is 13.3. The molecule has 0 amide bonds. The molecule has 0 radical (unpaired) electrons. The van der Waals surface area contributed by atoms with E-state index in [-0.39, 0.29) is 0 Å². The van der Waals surface area contributed by atoms with Gasteiger partial charge in [-0.15, -0.1) is 11.3 Å². The Morgan fingerprint density at radius 1 is 1.00 bits per heavy atom. The van der Waals surface area contributed by atoms with Crippen LogP contribution in [0.5, 0.6) is 0 Å². The summed E-state index contributed by atoms with van der Waals surface area (Å²) >= 11 is 1.82. The zero-order valence-corrected chi connectivity index (χ0v) is 12.8.